The molecule has 1 aliphatic rings. The standard InChI is InChI=1S/C22H44S6/c1-19(2)26-16-13-25-14-17-27-21-7-5-20(6-8-21)9-10-22(3,4)28-18-15-24-12-11-23/h19-21,23H,5-18H2,1-4H3. The van der Waals surface area contributed by atoms with Gasteiger partial charge in [0, 0.05) is 50.3 Å². The van der Waals surface area contributed by atoms with E-state index in [1.807, 2.05) is 0 Å². The fourth-order valence-corrected chi connectivity index (χ4v) is 9.14. The molecule has 168 valence electrons. The second-order valence-corrected chi connectivity index (χ2v) is 16.3. The molecule has 0 aliphatic heterocycles. The molecular weight excluding hydrogens is 457 g/mol. The molecule has 0 aromatic carbocycles. The highest BCUT2D eigenvalue weighted by atomic mass is 32.2. The highest BCUT2D eigenvalue weighted by molar-refractivity contribution is 8.05. The Labute approximate surface area is 203 Å². The Kier molecular flexibility index (Phi) is 17.7. The predicted octanol–water partition coefficient (Wildman–Crippen LogP) is 8.11. The van der Waals surface area contributed by atoms with Crippen molar-refractivity contribution in [3.63, 3.8) is 0 Å². The molecule has 0 nitrogen and oxygen atoms in total. The van der Waals surface area contributed by atoms with Crippen LogP contribution in [0.25, 0.3) is 0 Å². The van der Waals surface area contributed by atoms with Crippen molar-refractivity contribution in [1.29, 1.82) is 0 Å². The summed E-state index contributed by atoms with van der Waals surface area (Å²) in [5.74, 6) is 11.1. The predicted molar refractivity (Wildman–Crippen MR) is 150 cm³/mol. The first kappa shape index (κ1) is 28.1. The summed E-state index contributed by atoms with van der Waals surface area (Å²) in [5, 5.41) is 1.74. The van der Waals surface area contributed by atoms with Gasteiger partial charge in [-0.15, -0.1) is 0 Å². The van der Waals surface area contributed by atoms with Crippen molar-refractivity contribution in [2.75, 3.05) is 46.0 Å². The number of thiol groups is 1. The summed E-state index contributed by atoms with van der Waals surface area (Å²) in [7, 11) is 0. The molecule has 0 radical (unpaired) electrons. The van der Waals surface area contributed by atoms with Crippen LogP contribution in [-0.2, 0) is 0 Å². The summed E-state index contributed by atoms with van der Waals surface area (Å²) in [6.45, 7) is 9.51. The monoisotopic (exact) mass is 500 g/mol. The lowest BCUT2D eigenvalue weighted by atomic mass is 9.84. The quantitative estimate of drug-likeness (QED) is 0.158. The summed E-state index contributed by atoms with van der Waals surface area (Å²) in [6.07, 6.45) is 8.74. The average molecular weight is 501 g/mol. The molecule has 1 fully saturated rings. The first-order chi connectivity index (χ1) is 13.4. The second kappa shape index (κ2) is 17.6. The minimum atomic E-state index is 0.457. The van der Waals surface area contributed by atoms with Crippen LogP contribution in [0.5, 0.6) is 0 Å². The summed E-state index contributed by atoms with van der Waals surface area (Å²) in [6, 6.07) is 0. The van der Waals surface area contributed by atoms with E-state index in [0.717, 1.165) is 22.2 Å². The van der Waals surface area contributed by atoms with Crippen molar-refractivity contribution in [2.45, 2.75) is 81.5 Å². The van der Waals surface area contributed by atoms with E-state index in [-0.39, 0.29) is 0 Å². The molecule has 0 aromatic heterocycles. The maximum Gasteiger partial charge on any atom is 0.0104 e. The third-order valence-electron chi connectivity index (χ3n) is 5.16. The Morgan fingerprint density at radius 1 is 0.857 bits per heavy atom. The van der Waals surface area contributed by atoms with Crippen molar-refractivity contribution in [1.82, 2.24) is 0 Å². The molecule has 0 heterocycles. The molecule has 0 spiro atoms. The number of hydrogen-bond donors (Lipinski definition) is 1. The lowest BCUT2D eigenvalue weighted by Gasteiger charge is -2.31. The molecule has 1 rings (SSSR count). The van der Waals surface area contributed by atoms with Gasteiger partial charge < -0.3 is 0 Å². The minimum absolute atomic E-state index is 0.457. The van der Waals surface area contributed by atoms with Gasteiger partial charge in [0.1, 0.15) is 0 Å². The van der Waals surface area contributed by atoms with Gasteiger partial charge in [-0.2, -0.15) is 71.4 Å². The number of thioether (sulfide) groups is 5. The van der Waals surface area contributed by atoms with Crippen LogP contribution in [-0.4, -0.2) is 61.3 Å². The molecule has 6 heteroatoms. The minimum Gasteiger partial charge on any atom is -0.179 e. The van der Waals surface area contributed by atoms with E-state index in [9.17, 15) is 0 Å². The van der Waals surface area contributed by atoms with E-state index in [0.29, 0.717) is 4.75 Å². The molecule has 0 bridgehead atoms. The summed E-state index contributed by atoms with van der Waals surface area (Å²) in [5.41, 5.74) is 0. The third kappa shape index (κ3) is 15.8. The van der Waals surface area contributed by atoms with Gasteiger partial charge in [0.2, 0.25) is 0 Å². The molecule has 1 saturated carbocycles. The van der Waals surface area contributed by atoms with Crippen molar-refractivity contribution in [2.24, 2.45) is 5.92 Å². The first-order valence-electron chi connectivity index (χ1n) is 11.1. The van der Waals surface area contributed by atoms with E-state index < -0.39 is 0 Å². The topological polar surface area (TPSA) is 0 Å². The molecule has 0 aromatic rings. The Morgan fingerprint density at radius 2 is 1.50 bits per heavy atom. The Bertz CT molecular complexity index is 353. The Morgan fingerprint density at radius 3 is 2.18 bits per heavy atom. The zero-order chi connectivity index (χ0) is 20.7. The summed E-state index contributed by atoms with van der Waals surface area (Å²) >= 11 is 15.0. The van der Waals surface area contributed by atoms with E-state index in [2.05, 4.69) is 99.1 Å². The first-order valence-corrected chi connectivity index (χ1v) is 17.1. The van der Waals surface area contributed by atoms with Crippen molar-refractivity contribution in [3.05, 3.63) is 0 Å². The normalized spacial score (nSPS) is 20.8. The van der Waals surface area contributed by atoms with Gasteiger partial charge in [0.25, 0.3) is 0 Å². The Balaban J connectivity index is 2.00. The van der Waals surface area contributed by atoms with Gasteiger partial charge in [-0.25, -0.2) is 0 Å². The fraction of sp³-hybridized carbons (Fsp3) is 1.00. The maximum absolute atomic E-state index is 4.29. The van der Waals surface area contributed by atoms with Crippen LogP contribution in [0.2, 0.25) is 0 Å². The van der Waals surface area contributed by atoms with Crippen LogP contribution in [0.15, 0.2) is 0 Å². The highest BCUT2D eigenvalue weighted by Crippen LogP contribution is 2.38. The van der Waals surface area contributed by atoms with E-state index in [1.54, 1.807) is 0 Å². The zero-order valence-corrected chi connectivity index (χ0v) is 23.6. The highest BCUT2D eigenvalue weighted by Gasteiger charge is 2.24. The van der Waals surface area contributed by atoms with E-state index >= 15 is 0 Å². The molecule has 1 aliphatic carbocycles. The molecule has 0 atom stereocenters. The average Bonchev–Trinajstić information content (AvgIpc) is 2.66. The second-order valence-electron chi connectivity index (χ2n) is 8.53. The number of hydrogen-bond acceptors (Lipinski definition) is 6. The van der Waals surface area contributed by atoms with Crippen molar-refractivity contribution < 1.29 is 0 Å². The van der Waals surface area contributed by atoms with Crippen LogP contribution < -0.4 is 0 Å². The molecule has 0 saturated heterocycles. The van der Waals surface area contributed by atoms with Crippen LogP contribution >= 0.6 is 71.4 Å². The van der Waals surface area contributed by atoms with Gasteiger partial charge in [0.05, 0.1) is 0 Å². The largest absolute Gasteiger partial charge is 0.179 e. The van der Waals surface area contributed by atoms with Gasteiger partial charge in [0.15, 0.2) is 0 Å². The fourth-order valence-electron chi connectivity index (χ4n) is 3.47. The molecular formula is C22H44S6. The van der Waals surface area contributed by atoms with Gasteiger partial charge in [-0.1, -0.05) is 27.7 Å². The van der Waals surface area contributed by atoms with Crippen LogP contribution in [0, 0.1) is 5.92 Å². The lowest BCUT2D eigenvalue weighted by Crippen LogP contribution is -2.21. The van der Waals surface area contributed by atoms with Gasteiger partial charge in [-0.05, 0) is 55.4 Å². The summed E-state index contributed by atoms with van der Waals surface area (Å²) in [4.78, 5) is 0. The van der Waals surface area contributed by atoms with Gasteiger partial charge in [-0.3, -0.25) is 0 Å². The molecule has 0 amide bonds. The molecule has 0 N–H and O–H groups in total. The Hall–Kier alpha value is 2.10. The smallest absolute Gasteiger partial charge is 0.0104 e. The van der Waals surface area contributed by atoms with Crippen LogP contribution in [0.4, 0.5) is 0 Å². The third-order valence-corrected chi connectivity index (χ3v) is 12.3. The van der Waals surface area contributed by atoms with E-state index in [1.165, 1.54) is 78.8 Å². The SMILES string of the molecule is CC(C)SCCSCCSC1CCC(CCC(C)(C)SCCSCCS)CC1. The molecule has 0 unspecified atom stereocenters. The maximum atomic E-state index is 4.29. The number of rotatable bonds is 17. The lowest BCUT2D eigenvalue weighted by molar-refractivity contribution is 0.328. The zero-order valence-electron chi connectivity index (χ0n) is 18.6. The summed E-state index contributed by atoms with van der Waals surface area (Å²) < 4.78 is 0.457. The van der Waals surface area contributed by atoms with Crippen molar-refractivity contribution >= 4 is 71.4 Å². The van der Waals surface area contributed by atoms with Gasteiger partial charge >= 0.3 is 0 Å². The van der Waals surface area contributed by atoms with Crippen molar-refractivity contribution in [3.8, 4) is 0 Å². The van der Waals surface area contributed by atoms with Crippen LogP contribution in [0.3, 0.4) is 0 Å². The molecule has 28 heavy (non-hydrogen) atoms. The van der Waals surface area contributed by atoms with E-state index in [4.69, 9.17) is 0 Å². The van der Waals surface area contributed by atoms with Crippen LogP contribution in [0.1, 0.15) is 66.2 Å².